The van der Waals surface area contributed by atoms with E-state index in [-0.39, 0.29) is 7.12 Å². The molecule has 0 aromatic heterocycles. The molecule has 0 rings (SSSR count). The van der Waals surface area contributed by atoms with Crippen molar-refractivity contribution in [2.75, 3.05) is 12.4 Å². The molecule has 0 nitrogen and oxygen atoms in total. The molecule has 0 aromatic rings. The molecule has 0 N–H and O–H groups in total. The minimum atomic E-state index is 0.117. The van der Waals surface area contributed by atoms with Crippen LogP contribution in [0.3, 0.4) is 0 Å². The molecule has 0 aromatic carbocycles. The van der Waals surface area contributed by atoms with Crippen LogP contribution in [0.2, 0.25) is 0 Å². The Morgan fingerprint density at radius 1 is 0.944 bits per heavy atom. The molecule has 0 saturated carbocycles. The van der Waals surface area contributed by atoms with Crippen LogP contribution in [0, 0.1) is 10.8 Å². The van der Waals surface area contributed by atoms with E-state index in [1.807, 2.05) is 0 Å². The number of hydrogen-bond donors (Lipinski definition) is 0. The van der Waals surface area contributed by atoms with E-state index >= 15 is 0 Å². The Kier molecular flexibility index (Phi) is 7.28. The second kappa shape index (κ2) is 6.98. The van der Waals surface area contributed by atoms with Crippen LogP contribution in [-0.4, -0.2) is 17.6 Å². The molecule has 18 heavy (non-hydrogen) atoms. The van der Waals surface area contributed by atoms with Crippen LogP contribution in [0.25, 0.3) is 0 Å². The zero-order chi connectivity index (χ0) is 14.6. The zero-order valence-electron chi connectivity index (χ0n) is 14.2. The second-order valence-electron chi connectivity index (χ2n) is 7.73. The minimum Gasteiger partial charge on any atom is -0.134 e. The Hall–Kier alpha value is 0.780. The zero-order valence-corrected chi connectivity index (χ0v) is 15.9. The molecule has 0 aliphatic heterocycles. The van der Waals surface area contributed by atoms with Crippen molar-refractivity contribution >= 4 is 18.5 Å². The molecule has 0 aliphatic rings. The highest BCUT2D eigenvalue weighted by molar-refractivity contribution is 8.55. The lowest BCUT2D eigenvalue weighted by molar-refractivity contribution is 0.119. The molecular weight excluding hydrogens is 255 g/mol. The first-order valence-electron chi connectivity index (χ1n) is 7.31. The third kappa shape index (κ3) is 5.83. The van der Waals surface area contributed by atoms with E-state index in [4.69, 9.17) is 0 Å². The minimum absolute atomic E-state index is 0.117. The summed E-state index contributed by atoms with van der Waals surface area (Å²) in [6.07, 6.45) is 4.01. The Morgan fingerprint density at radius 2 is 1.44 bits per heavy atom. The standard InChI is InChI=1S/C16H35PS/c1-10-16(7,8)17(9)18-13-11-12-15(5,6)14(2,3)4/h10-13H2,1-9H3. The summed E-state index contributed by atoms with van der Waals surface area (Å²) < 4.78 is 0. The van der Waals surface area contributed by atoms with Crippen LogP contribution in [0.4, 0.5) is 0 Å². The van der Waals surface area contributed by atoms with Crippen LogP contribution in [0.5, 0.6) is 0 Å². The van der Waals surface area contributed by atoms with E-state index in [1.165, 1.54) is 25.0 Å². The lowest BCUT2D eigenvalue weighted by atomic mass is 9.67. The van der Waals surface area contributed by atoms with Gasteiger partial charge in [-0.05, 0) is 54.8 Å². The third-order valence-electron chi connectivity index (χ3n) is 4.98. The van der Waals surface area contributed by atoms with E-state index in [1.54, 1.807) is 0 Å². The first-order chi connectivity index (χ1) is 7.94. The predicted molar refractivity (Wildman–Crippen MR) is 92.1 cm³/mol. The van der Waals surface area contributed by atoms with Gasteiger partial charge >= 0.3 is 0 Å². The largest absolute Gasteiger partial charge is 0.134 e. The smallest absolute Gasteiger partial charge is 0.00255 e. The fraction of sp³-hybridized carbons (Fsp3) is 1.00. The van der Waals surface area contributed by atoms with Crippen molar-refractivity contribution in [3.63, 3.8) is 0 Å². The molecular formula is C16H35PS. The molecule has 1 unspecified atom stereocenters. The summed E-state index contributed by atoms with van der Waals surface area (Å²) in [5, 5.41) is 0.541. The first-order valence-corrected chi connectivity index (χ1v) is 10.7. The van der Waals surface area contributed by atoms with Crippen LogP contribution < -0.4 is 0 Å². The quantitative estimate of drug-likeness (QED) is 0.367. The van der Waals surface area contributed by atoms with Crippen molar-refractivity contribution in [3.05, 3.63) is 0 Å². The summed E-state index contributed by atoms with van der Waals surface area (Å²) in [6.45, 7) is 21.6. The van der Waals surface area contributed by atoms with E-state index in [0.29, 0.717) is 16.0 Å². The average Bonchev–Trinajstić information content (AvgIpc) is 2.22. The molecule has 0 spiro atoms. The molecule has 110 valence electrons. The summed E-state index contributed by atoms with van der Waals surface area (Å²) in [5.74, 6) is 1.34. The molecule has 0 fully saturated rings. The van der Waals surface area contributed by atoms with Gasteiger partial charge in [-0.3, -0.25) is 0 Å². The summed E-state index contributed by atoms with van der Waals surface area (Å²) in [7, 11) is 0.117. The summed E-state index contributed by atoms with van der Waals surface area (Å²) in [6, 6.07) is 0. The van der Waals surface area contributed by atoms with Gasteiger partial charge in [0.15, 0.2) is 0 Å². The normalized spacial score (nSPS) is 15.8. The molecule has 0 amide bonds. The molecule has 0 radical (unpaired) electrons. The highest BCUT2D eigenvalue weighted by Crippen LogP contribution is 2.58. The van der Waals surface area contributed by atoms with Gasteiger partial charge < -0.3 is 0 Å². The maximum absolute atomic E-state index is 2.46. The van der Waals surface area contributed by atoms with Gasteiger partial charge in [-0.15, -0.1) is 11.4 Å². The van der Waals surface area contributed by atoms with Crippen LogP contribution in [0.15, 0.2) is 0 Å². The van der Waals surface area contributed by atoms with Gasteiger partial charge in [0.2, 0.25) is 0 Å². The molecule has 2 heteroatoms. The van der Waals surface area contributed by atoms with Crippen molar-refractivity contribution in [1.29, 1.82) is 0 Å². The average molecular weight is 290 g/mol. The molecule has 0 aliphatic carbocycles. The third-order valence-corrected chi connectivity index (χ3v) is 11.1. The second-order valence-corrected chi connectivity index (χ2v) is 13.0. The number of rotatable bonds is 7. The van der Waals surface area contributed by atoms with Gasteiger partial charge in [0.05, 0.1) is 0 Å². The first kappa shape index (κ1) is 18.8. The van der Waals surface area contributed by atoms with Crippen molar-refractivity contribution in [1.82, 2.24) is 0 Å². The van der Waals surface area contributed by atoms with Gasteiger partial charge in [-0.2, -0.15) is 0 Å². The summed E-state index contributed by atoms with van der Waals surface area (Å²) >= 11 is 2.22. The molecule has 0 heterocycles. The lowest BCUT2D eigenvalue weighted by Crippen LogP contribution is -2.29. The van der Waals surface area contributed by atoms with Gasteiger partial charge in [0, 0.05) is 0 Å². The van der Waals surface area contributed by atoms with Gasteiger partial charge in [-0.1, -0.05) is 55.4 Å². The lowest BCUT2D eigenvalue weighted by Gasteiger charge is -2.39. The van der Waals surface area contributed by atoms with E-state index in [2.05, 4.69) is 73.4 Å². The molecule has 0 bridgehead atoms. The Balaban J connectivity index is 4.02. The van der Waals surface area contributed by atoms with Crippen molar-refractivity contribution in [3.8, 4) is 0 Å². The molecule has 1 atom stereocenters. The van der Waals surface area contributed by atoms with Crippen LogP contribution >= 0.6 is 18.5 Å². The predicted octanol–water partition coefficient (Wildman–Crippen LogP) is 6.79. The topological polar surface area (TPSA) is 0 Å². The maximum Gasteiger partial charge on any atom is -0.00255 e. The Morgan fingerprint density at radius 3 is 1.83 bits per heavy atom. The maximum atomic E-state index is 2.46. The Bertz CT molecular complexity index is 238. The molecule has 0 saturated heterocycles. The fourth-order valence-corrected chi connectivity index (χ4v) is 5.47. The summed E-state index contributed by atoms with van der Waals surface area (Å²) in [4.78, 5) is 0. The Labute approximate surface area is 122 Å². The summed E-state index contributed by atoms with van der Waals surface area (Å²) in [5.41, 5.74) is 0.863. The van der Waals surface area contributed by atoms with E-state index < -0.39 is 0 Å². The monoisotopic (exact) mass is 290 g/mol. The van der Waals surface area contributed by atoms with Gasteiger partial charge in [0.25, 0.3) is 0 Å². The van der Waals surface area contributed by atoms with Crippen molar-refractivity contribution in [2.24, 2.45) is 10.8 Å². The van der Waals surface area contributed by atoms with Crippen molar-refractivity contribution < 1.29 is 0 Å². The van der Waals surface area contributed by atoms with E-state index in [0.717, 1.165) is 0 Å². The fourth-order valence-electron chi connectivity index (χ4n) is 1.49. The van der Waals surface area contributed by atoms with Crippen molar-refractivity contribution in [2.45, 2.75) is 79.8 Å². The number of hydrogen-bond acceptors (Lipinski definition) is 1. The van der Waals surface area contributed by atoms with Crippen LogP contribution in [0.1, 0.15) is 74.7 Å². The SMILES string of the molecule is CCC(C)(C)P(C)SCCCC(C)(C)C(C)(C)C. The van der Waals surface area contributed by atoms with Gasteiger partial charge in [0.1, 0.15) is 0 Å². The highest BCUT2D eigenvalue weighted by atomic mass is 32.7. The van der Waals surface area contributed by atoms with Gasteiger partial charge in [-0.25, -0.2) is 0 Å². The van der Waals surface area contributed by atoms with Crippen LogP contribution in [-0.2, 0) is 0 Å². The highest BCUT2D eigenvalue weighted by Gasteiger charge is 2.32. The van der Waals surface area contributed by atoms with E-state index in [9.17, 15) is 0 Å².